The second kappa shape index (κ2) is 4.05. The molecule has 1 unspecified atom stereocenters. The number of hydrogen-bond acceptors (Lipinski definition) is 2. The molecular formula is C15H10O2S. The van der Waals surface area contributed by atoms with Crippen LogP contribution in [0.15, 0.2) is 52.3 Å². The molecule has 0 bridgehead atoms. The van der Waals surface area contributed by atoms with E-state index in [1.807, 2.05) is 43.3 Å². The van der Waals surface area contributed by atoms with Crippen LogP contribution in [0.3, 0.4) is 0 Å². The van der Waals surface area contributed by atoms with Crippen molar-refractivity contribution >= 4 is 21.5 Å². The summed E-state index contributed by atoms with van der Waals surface area (Å²) in [6.45, 7) is 1.94. The van der Waals surface area contributed by atoms with Gasteiger partial charge in [-0.25, -0.2) is 4.79 Å². The van der Waals surface area contributed by atoms with E-state index in [0.717, 1.165) is 15.4 Å². The highest BCUT2D eigenvalue weighted by Crippen LogP contribution is 2.44. The van der Waals surface area contributed by atoms with Gasteiger partial charge in [0.25, 0.3) is 0 Å². The van der Waals surface area contributed by atoms with Gasteiger partial charge in [-0.05, 0) is 41.7 Å². The number of benzene rings is 2. The predicted molar refractivity (Wildman–Crippen MR) is 70.9 cm³/mol. The maximum Gasteiger partial charge on any atom is 0.195 e. The van der Waals surface area contributed by atoms with Gasteiger partial charge in [0.1, 0.15) is 0 Å². The summed E-state index contributed by atoms with van der Waals surface area (Å²) in [6, 6.07) is 12.9. The minimum absolute atomic E-state index is 0.00306. The zero-order valence-corrected chi connectivity index (χ0v) is 10.6. The molecule has 3 rings (SSSR count). The van der Waals surface area contributed by atoms with Crippen LogP contribution in [0.4, 0.5) is 0 Å². The van der Waals surface area contributed by atoms with Crippen LogP contribution in [0.1, 0.15) is 21.5 Å². The highest BCUT2D eigenvalue weighted by Gasteiger charge is 2.26. The molecule has 0 spiro atoms. The largest absolute Gasteiger partial charge is 0.289 e. The SMILES string of the molecule is Cc1ccc2c(c1)C(=O)c1ccccc1S2=C=O. The van der Waals surface area contributed by atoms with Crippen molar-refractivity contribution in [2.24, 2.45) is 0 Å². The second-order valence-electron chi connectivity index (χ2n) is 4.21. The van der Waals surface area contributed by atoms with Crippen LogP contribution >= 0.6 is 10.5 Å². The van der Waals surface area contributed by atoms with Crippen LogP contribution in [0.2, 0.25) is 0 Å². The minimum atomic E-state index is -0.757. The Morgan fingerprint density at radius 2 is 1.72 bits per heavy atom. The zero-order valence-electron chi connectivity index (χ0n) is 9.77. The van der Waals surface area contributed by atoms with Crippen LogP contribution in [0.5, 0.6) is 0 Å². The third-order valence-electron chi connectivity index (χ3n) is 3.03. The van der Waals surface area contributed by atoms with Gasteiger partial charge < -0.3 is 0 Å². The van der Waals surface area contributed by atoms with Gasteiger partial charge in [-0.15, -0.1) is 0 Å². The van der Waals surface area contributed by atoms with Crippen LogP contribution in [0, 0.1) is 6.92 Å². The van der Waals surface area contributed by atoms with Crippen molar-refractivity contribution in [3.8, 4) is 0 Å². The lowest BCUT2D eigenvalue weighted by Crippen LogP contribution is -2.10. The maximum absolute atomic E-state index is 12.4. The van der Waals surface area contributed by atoms with E-state index in [1.54, 1.807) is 6.07 Å². The van der Waals surface area contributed by atoms with Crippen LogP contribution in [0.25, 0.3) is 0 Å². The molecule has 1 aliphatic heterocycles. The molecule has 18 heavy (non-hydrogen) atoms. The fraction of sp³-hybridized carbons (Fsp3) is 0.0667. The number of aryl methyl sites for hydroxylation is 1. The summed E-state index contributed by atoms with van der Waals surface area (Å²) >= 11 is 0. The fourth-order valence-electron chi connectivity index (χ4n) is 2.18. The third-order valence-corrected chi connectivity index (χ3v) is 4.79. The van der Waals surface area contributed by atoms with E-state index in [9.17, 15) is 9.59 Å². The first-order chi connectivity index (χ1) is 8.72. The molecule has 0 radical (unpaired) electrons. The Morgan fingerprint density at radius 3 is 2.50 bits per heavy atom. The van der Waals surface area contributed by atoms with E-state index >= 15 is 0 Å². The molecule has 0 N–H and O–H groups in total. The molecule has 2 aromatic rings. The van der Waals surface area contributed by atoms with Crippen LogP contribution < -0.4 is 0 Å². The van der Waals surface area contributed by atoms with Gasteiger partial charge in [0, 0.05) is 20.9 Å². The summed E-state index contributed by atoms with van der Waals surface area (Å²) in [5.41, 5.74) is 2.29. The van der Waals surface area contributed by atoms with Gasteiger partial charge in [0.05, 0.1) is 0 Å². The number of carbonyl (C=O) groups excluding carboxylic acids is 2. The molecule has 88 valence electrons. The summed E-state index contributed by atoms with van der Waals surface area (Å²) in [7, 11) is -0.757. The van der Waals surface area contributed by atoms with Gasteiger partial charge in [-0.3, -0.25) is 4.79 Å². The molecule has 0 amide bonds. The molecule has 1 aliphatic rings. The van der Waals surface area contributed by atoms with Gasteiger partial charge in [0.2, 0.25) is 0 Å². The number of hydrogen-bond donors (Lipinski definition) is 0. The van der Waals surface area contributed by atoms with E-state index in [1.165, 1.54) is 0 Å². The minimum Gasteiger partial charge on any atom is -0.289 e. The Morgan fingerprint density at radius 1 is 1.00 bits per heavy atom. The van der Waals surface area contributed by atoms with E-state index in [4.69, 9.17) is 0 Å². The predicted octanol–water partition coefficient (Wildman–Crippen LogP) is 3.29. The Hall–Kier alpha value is -1.96. The lowest BCUT2D eigenvalue weighted by Gasteiger charge is -2.20. The lowest BCUT2D eigenvalue weighted by atomic mass is 10.0. The first kappa shape index (κ1) is 11.1. The van der Waals surface area contributed by atoms with E-state index in [0.29, 0.717) is 11.1 Å². The standard InChI is InChI=1S/C15H10O2S/c1-10-6-7-14-12(8-10)15(17)11-4-2-3-5-13(11)18(14)9-16/h2-8H,1H3. The van der Waals surface area contributed by atoms with Crippen LogP contribution in [-0.4, -0.2) is 11.0 Å². The molecule has 0 saturated heterocycles. The normalized spacial score (nSPS) is 16.7. The number of fused-ring (bicyclic) bond motifs is 2. The first-order valence-electron chi connectivity index (χ1n) is 5.59. The maximum atomic E-state index is 12.4. The average molecular weight is 254 g/mol. The molecular weight excluding hydrogens is 244 g/mol. The molecule has 2 nitrogen and oxygen atoms in total. The van der Waals surface area contributed by atoms with Crippen molar-refractivity contribution in [2.75, 3.05) is 0 Å². The molecule has 1 heterocycles. The molecule has 0 aliphatic carbocycles. The quantitative estimate of drug-likeness (QED) is 0.577. The van der Waals surface area contributed by atoms with Crippen molar-refractivity contribution in [3.05, 3.63) is 59.2 Å². The monoisotopic (exact) mass is 254 g/mol. The molecule has 2 aromatic carbocycles. The van der Waals surface area contributed by atoms with Gasteiger partial charge in [-0.2, -0.15) is 0 Å². The number of ketones is 1. The average Bonchev–Trinajstić information content (AvgIpc) is 2.40. The van der Waals surface area contributed by atoms with Gasteiger partial charge in [0.15, 0.2) is 11.0 Å². The Balaban J connectivity index is 2.40. The smallest absolute Gasteiger partial charge is 0.195 e. The van der Waals surface area contributed by atoms with Crippen molar-refractivity contribution in [3.63, 3.8) is 0 Å². The van der Waals surface area contributed by atoms with E-state index in [2.05, 4.69) is 5.23 Å². The van der Waals surface area contributed by atoms with Crippen molar-refractivity contribution in [1.82, 2.24) is 0 Å². The highest BCUT2D eigenvalue weighted by molar-refractivity contribution is 8.14. The number of rotatable bonds is 0. The Bertz CT molecular complexity index is 725. The van der Waals surface area contributed by atoms with Gasteiger partial charge in [-0.1, -0.05) is 23.8 Å². The second-order valence-corrected chi connectivity index (χ2v) is 5.87. The number of carbonyl (C=O) groups is 1. The summed E-state index contributed by atoms with van der Waals surface area (Å²) in [4.78, 5) is 25.2. The first-order valence-corrected chi connectivity index (χ1v) is 6.81. The van der Waals surface area contributed by atoms with Crippen LogP contribution in [-0.2, 0) is 4.79 Å². The van der Waals surface area contributed by atoms with Gasteiger partial charge >= 0.3 is 0 Å². The lowest BCUT2D eigenvalue weighted by molar-refractivity contribution is 0.103. The topological polar surface area (TPSA) is 34.1 Å². The molecule has 0 aromatic heterocycles. The van der Waals surface area contributed by atoms with E-state index < -0.39 is 10.5 Å². The molecule has 0 fully saturated rings. The highest BCUT2D eigenvalue weighted by atomic mass is 32.2. The summed E-state index contributed by atoms with van der Waals surface area (Å²) in [5.74, 6) is 0.00306. The summed E-state index contributed by atoms with van der Waals surface area (Å²) in [5, 5.41) is 2.08. The summed E-state index contributed by atoms with van der Waals surface area (Å²) < 4.78 is 0. The van der Waals surface area contributed by atoms with E-state index in [-0.39, 0.29) is 5.78 Å². The Labute approximate surface area is 107 Å². The van der Waals surface area contributed by atoms with Crippen molar-refractivity contribution in [2.45, 2.75) is 16.7 Å². The summed E-state index contributed by atoms with van der Waals surface area (Å²) in [6.07, 6.45) is 0. The third kappa shape index (κ3) is 1.49. The molecule has 0 saturated carbocycles. The van der Waals surface area contributed by atoms with Crippen molar-refractivity contribution < 1.29 is 9.59 Å². The molecule has 1 atom stereocenters. The Kier molecular flexibility index (Phi) is 2.51. The zero-order chi connectivity index (χ0) is 12.7. The van der Waals surface area contributed by atoms with Crippen molar-refractivity contribution in [1.29, 1.82) is 0 Å². The fourth-order valence-corrected chi connectivity index (χ4v) is 3.77. The molecule has 3 heteroatoms.